The van der Waals surface area contributed by atoms with Crippen molar-refractivity contribution in [2.45, 2.75) is 13.3 Å². The average molecular weight is 331 g/mol. The van der Waals surface area contributed by atoms with Gasteiger partial charge in [0.1, 0.15) is 0 Å². The third-order valence-corrected chi connectivity index (χ3v) is 3.70. The normalized spacial score (nSPS) is 10.2. The van der Waals surface area contributed by atoms with Crippen LogP contribution in [0.1, 0.15) is 21.5 Å². The van der Waals surface area contributed by atoms with Crippen LogP contribution in [-0.2, 0) is 11.2 Å². The Morgan fingerprint density at radius 3 is 2.39 bits per heavy atom. The minimum atomic E-state index is -0.240. The van der Waals surface area contributed by atoms with Crippen molar-refractivity contribution in [2.75, 3.05) is 13.1 Å². The Bertz CT molecular complexity index is 684. The molecule has 0 spiro atoms. The first-order valence-electron chi connectivity index (χ1n) is 7.41. The maximum Gasteiger partial charge on any atom is 0.251 e. The molecule has 4 nitrogen and oxygen atoms in total. The van der Waals surface area contributed by atoms with E-state index in [4.69, 9.17) is 11.6 Å². The van der Waals surface area contributed by atoms with E-state index in [9.17, 15) is 9.59 Å². The molecule has 2 aromatic carbocycles. The van der Waals surface area contributed by atoms with Crippen molar-refractivity contribution in [2.24, 2.45) is 0 Å². The summed E-state index contributed by atoms with van der Waals surface area (Å²) < 4.78 is 0. The van der Waals surface area contributed by atoms with Gasteiger partial charge in [-0.1, -0.05) is 41.9 Å². The van der Waals surface area contributed by atoms with E-state index in [1.54, 1.807) is 12.1 Å². The Morgan fingerprint density at radius 1 is 1.00 bits per heavy atom. The fraction of sp³-hybridized carbons (Fsp3) is 0.222. The molecule has 2 N–H and O–H groups in total. The summed E-state index contributed by atoms with van der Waals surface area (Å²) in [5.74, 6) is -0.447. The molecule has 0 heterocycles. The summed E-state index contributed by atoms with van der Waals surface area (Å²) in [4.78, 5) is 23.8. The SMILES string of the molecule is Cc1ccccc1C(=O)NCC(=O)NCCc1ccc(Cl)cc1. The van der Waals surface area contributed by atoms with Gasteiger partial charge in [-0.15, -0.1) is 0 Å². The molecule has 2 rings (SSSR count). The number of benzene rings is 2. The van der Waals surface area contributed by atoms with Gasteiger partial charge in [-0.25, -0.2) is 0 Å². The highest BCUT2D eigenvalue weighted by Crippen LogP contribution is 2.09. The van der Waals surface area contributed by atoms with E-state index in [0.717, 1.165) is 11.1 Å². The van der Waals surface area contributed by atoms with Crippen LogP contribution in [0.4, 0.5) is 0 Å². The van der Waals surface area contributed by atoms with Gasteiger partial charge >= 0.3 is 0 Å². The highest BCUT2D eigenvalue weighted by atomic mass is 35.5. The largest absolute Gasteiger partial charge is 0.354 e. The lowest BCUT2D eigenvalue weighted by molar-refractivity contribution is -0.120. The van der Waals surface area contributed by atoms with Crippen molar-refractivity contribution >= 4 is 23.4 Å². The number of hydrogen-bond donors (Lipinski definition) is 2. The van der Waals surface area contributed by atoms with E-state index in [2.05, 4.69) is 10.6 Å². The first-order chi connectivity index (χ1) is 11.1. The van der Waals surface area contributed by atoms with Crippen molar-refractivity contribution in [1.82, 2.24) is 10.6 Å². The predicted molar refractivity (Wildman–Crippen MR) is 91.7 cm³/mol. The Hall–Kier alpha value is -2.33. The van der Waals surface area contributed by atoms with Crippen molar-refractivity contribution in [3.63, 3.8) is 0 Å². The van der Waals surface area contributed by atoms with Gasteiger partial charge in [0.15, 0.2) is 0 Å². The molecule has 2 aromatic rings. The van der Waals surface area contributed by atoms with E-state index >= 15 is 0 Å². The second-order valence-electron chi connectivity index (χ2n) is 5.22. The number of halogens is 1. The summed E-state index contributed by atoms with van der Waals surface area (Å²) in [5.41, 5.74) is 2.56. The Morgan fingerprint density at radius 2 is 1.70 bits per heavy atom. The lowest BCUT2D eigenvalue weighted by Gasteiger charge is -2.08. The fourth-order valence-electron chi connectivity index (χ4n) is 2.14. The van der Waals surface area contributed by atoms with Crippen molar-refractivity contribution in [1.29, 1.82) is 0 Å². The van der Waals surface area contributed by atoms with Crippen LogP contribution in [0, 0.1) is 6.92 Å². The molecule has 5 heteroatoms. The van der Waals surface area contributed by atoms with Crippen molar-refractivity contribution in [3.8, 4) is 0 Å². The van der Waals surface area contributed by atoms with Gasteiger partial charge in [-0.3, -0.25) is 9.59 Å². The van der Waals surface area contributed by atoms with Crippen LogP contribution in [0.5, 0.6) is 0 Å². The molecule has 0 aliphatic heterocycles. The Labute approximate surface area is 140 Å². The molecule has 0 saturated heterocycles. The van der Waals surface area contributed by atoms with E-state index < -0.39 is 0 Å². The van der Waals surface area contributed by atoms with Gasteiger partial charge in [-0.2, -0.15) is 0 Å². The summed E-state index contributed by atoms with van der Waals surface area (Å²) in [6, 6.07) is 14.8. The monoisotopic (exact) mass is 330 g/mol. The van der Waals surface area contributed by atoms with E-state index in [-0.39, 0.29) is 18.4 Å². The van der Waals surface area contributed by atoms with Gasteiger partial charge in [0, 0.05) is 17.1 Å². The third-order valence-electron chi connectivity index (χ3n) is 3.45. The van der Waals surface area contributed by atoms with Crippen LogP contribution in [0.3, 0.4) is 0 Å². The van der Waals surface area contributed by atoms with Crippen LogP contribution in [-0.4, -0.2) is 24.9 Å². The standard InChI is InChI=1S/C18H19ClN2O2/c1-13-4-2-3-5-16(13)18(23)21-12-17(22)20-11-10-14-6-8-15(19)9-7-14/h2-9H,10-12H2,1H3,(H,20,22)(H,21,23). The molecule has 0 aliphatic rings. The lowest BCUT2D eigenvalue weighted by atomic mass is 10.1. The summed E-state index contributed by atoms with van der Waals surface area (Å²) in [6.07, 6.45) is 0.717. The molecular formula is C18H19ClN2O2. The zero-order valence-corrected chi connectivity index (χ0v) is 13.7. The van der Waals surface area contributed by atoms with E-state index in [1.165, 1.54) is 0 Å². The molecule has 0 unspecified atom stereocenters. The summed E-state index contributed by atoms with van der Waals surface area (Å²) in [5, 5.41) is 6.10. The Balaban J connectivity index is 1.72. The van der Waals surface area contributed by atoms with Gasteiger partial charge in [0.25, 0.3) is 5.91 Å². The zero-order valence-electron chi connectivity index (χ0n) is 12.9. The first-order valence-corrected chi connectivity index (χ1v) is 7.79. The van der Waals surface area contributed by atoms with Crippen LogP contribution in [0.15, 0.2) is 48.5 Å². The maximum absolute atomic E-state index is 12.0. The Kier molecular flexibility index (Phi) is 6.18. The molecule has 0 aromatic heterocycles. The second-order valence-corrected chi connectivity index (χ2v) is 5.66. The lowest BCUT2D eigenvalue weighted by Crippen LogP contribution is -2.37. The fourth-order valence-corrected chi connectivity index (χ4v) is 2.27. The van der Waals surface area contributed by atoms with Gasteiger partial charge in [0.2, 0.25) is 5.91 Å². The molecular weight excluding hydrogens is 312 g/mol. The zero-order chi connectivity index (χ0) is 16.7. The van der Waals surface area contributed by atoms with Crippen LogP contribution >= 0.6 is 11.6 Å². The van der Waals surface area contributed by atoms with Crippen LogP contribution in [0.25, 0.3) is 0 Å². The minimum absolute atomic E-state index is 0.0339. The molecule has 0 bridgehead atoms. The minimum Gasteiger partial charge on any atom is -0.354 e. The summed E-state index contributed by atoms with van der Waals surface area (Å²) >= 11 is 5.82. The van der Waals surface area contributed by atoms with Crippen molar-refractivity contribution in [3.05, 3.63) is 70.2 Å². The molecule has 120 valence electrons. The number of rotatable bonds is 6. The van der Waals surface area contributed by atoms with Crippen molar-refractivity contribution < 1.29 is 9.59 Å². The van der Waals surface area contributed by atoms with E-state index in [0.29, 0.717) is 23.6 Å². The number of carbonyl (C=O) groups is 2. The number of amides is 2. The number of carbonyl (C=O) groups excluding carboxylic acids is 2. The third kappa shape index (κ3) is 5.42. The van der Waals surface area contributed by atoms with Gasteiger partial charge < -0.3 is 10.6 Å². The topological polar surface area (TPSA) is 58.2 Å². The van der Waals surface area contributed by atoms with Crippen LogP contribution in [0.2, 0.25) is 5.02 Å². The molecule has 0 saturated carbocycles. The summed E-state index contributed by atoms with van der Waals surface area (Å²) in [6.45, 7) is 2.34. The number of aryl methyl sites for hydroxylation is 1. The van der Waals surface area contributed by atoms with E-state index in [1.807, 2.05) is 43.3 Å². The molecule has 0 fully saturated rings. The maximum atomic E-state index is 12.0. The predicted octanol–water partition coefficient (Wildman–Crippen LogP) is 2.74. The smallest absolute Gasteiger partial charge is 0.251 e. The number of hydrogen-bond acceptors (Lipinski definition) is 2. The molecule has 0 radical (unpaired) electrons. The van der Waals surface area contributed by atoms with Gasteiger partial charge in [-0.05, 0) is 42.7 Å². The average Bonchev–Trinajstić information content (AvgIpc) is 2.55. The molecule has 2 amide bonds. The quantitative estimate of drug-likeness (QED) is 0.855. The summed E-state index contributed by atoms with van der Waals surface area (Å²) in [7, 11) is 0. The molecule has 23 heavy (non-hydrogen) atoms. The molecule has 0 atom stereocenters. The highest BCUT2D eigenvalue weighted by molar-refractivity contribution is 6.30. The second kappa shape index (κ2) is 8.34. The van der Waals surface area contributed by atoms with Crippen LogP contribution < -0.4 is 10.6 Å². The van der Waals surface area contributed by atoms with Gasteiger partial charge in [0.05, 0.1) is 6.54 Å². The number of nitrogens with one attached hydrogen (secondary N) is 2. The first kappa shape index (κ1) is 17.0. The molecule has 0 aliphatic carbocycles. The highest BCUT2D eigenvalue weighted by Gasteiger charge is 2.09.